The summed E-state index contributed by atoms with van der Waals surface area (Å²) in [6.45, 7) is 5.11. The van der Waals surface area contributed by atoms with Gasteiger partial charge in [0, 0.05) is 31.1 Å². The average Bonchev–Trinajstić information content (AvgIpc) is 2.96. The van der Waals surface area contributed by atoms with Gasteiger partial charge in [-0.3, -0.25) is 19.5 Å². The highest BCUT2D eigenvalue weighted by atomic mass is 16.2. The Hall–Kier alpha value is -1.95. The molecule has 28 heavy (non-hydrogen) atoms. The van der Waals surface area contributed by atoms with E-state index in [1.807, 2.05) is 31.0 Å². The Balaban J connectivity index is 1.68. The summed E-state index contributed by atoms with van der Waals surface area (Å²) in [5, 5.41) is 0. The molecule has 6 heteroatoms. The Bertz CT molecular complexity index is 721. The number of primary amides is 1. The standard InChI is InChI=1S/C22H34N4O2/c1-20(2,19(23)28)12-14-26-16-21(15-18(26)27)8-10-22(11-9-21,25(3)4)17-7-5-6-13-24-17/h5-7,13H,8-12,14-16H2,1-4H3,(H2,23,28). The van der Waals surface area contributed by atoms with Crippen molar-refractivity contribution in [1.82, 2.24) is 14.8 Å². The van der Waals surface area contributed by atoms with E-state index in [2.05, 4.69) is 36.1 Å². The Morgan fingerprint density at radius 2 is 1.93 bits per heavy atom. The van der Waals surface area contributed by atoms with Gasteiger partial charge in [-0.25, -0.2) is 0 Å². The summed E-state index contributed by atoms with van der Waals surface area (Å²) >= 11 is 0. The molecule has 2 fully saturated rings. The minimum atomic E-state index is -0.582. The summed E-state index contributed by atoms with van der Waals surface area (Å²) in [6.07, 6.45) is 7.14. The number of likely N-dealkylation sites (tertiary alicyclic amines) is 1. The maximum absolute atomic E-state index is 12.7. The molecular weight excluding hydrogens is 352 g/mol. The van der Waals surface area contributed by atoms with Crippen molar-refractivity contribution in [2.24, 2.45) is 16.6 Å². The Labute approximate surface area is 168 Å². The predicted octanol–water partition coefficient (Wildman–Crippen LogP) is 2.53. The fourth-order valence-electron chi connectivity index (χ4n) is 4.82. The first kappa shape index (κ1) is 20.8. The van der Waals surface area contributed by atoms with Gasteiger partial charge < -0.3 is 10.6 Å². The van der Waals surface area contributed by atoms with Crippen LogP contribution in [0.1, 0.15) is 58.1 Å². The number of rotatable bonds is 6. The van der Waals surface area contributed by atoms with Crippen LogP contribution in [0.5, 0.6) is 0 Å². The quantitative estimate of drug-likeness (QED) is 0.815. The molecular formula is C22H34N4O2. The summed E-state index contributed by atoms with van der Waals surface area (Å²) in [5.41, 5.74) is 6.03. The molecule has 0 aromatic carbocycles. The lowest BCUT2D eigenvalue weighted by Gasteiger charge is -2.48. The van der Waals surface area contributed by atoms with Crippen molar-refractivity contribution in [1.29, 1.82) is 0 Å². The molecule has 0 radical (unpaired) electrons. The van der Waals surface area contributed by atoms with Crippen molar-refractivity contribution in [3.8, 4) is 0 Å². The summed E-state index contributed by atoms with van der Waals surface area (Å²) in [5.74, 6) is -0.0897. The molecule has 0 unspecified atom stereocenters. The first-order chi connectivity index (χ1) is 13.1. The molecule has 0 bridgehead atoms. The van der Waals surface area contributed by atoms with E-state index in [-0.39, 0.29) is 22.8 Å². The van der Waals surface area contributed by atoms with Crippen molar-refractivity contribution in [2.45, 2.75) is 57.9 Å². The van der Waals surface area contributed by atoms with Gasteiger partial charge in [0.1, 0.15) is 0 Å². The zero-order valence-electron chi connectivity index (χ0n) is 17.7. The zero-order chi connectivity index (χ0) is 20.6. The minimum absolute atomic E-state index is 0.0578. The predicted molar refractivity (Wildman–Crippen MR) is 109 cm³/mol. The Kier molecular flexibility index (Phi) is 5.54. The van der Waals surface area contributed by atoms with Gasteiger partial charge in [-0.1, -0.05) is 19.9 Å². The molecule has 1 saturated carbocycles. The SMILES string of the molecule is CN(C)C1(c2ccccn2)CCC2(CC1)CC(=O)N(CCC(C)(C)C(N)=O)C2. The Morgan fingerprint density at radius 3 is 2.46 bits per heavy atom. The largest absolute Gasteiger partial charge is 0.369 e. The molecule has 1 aliphatic heterocycles. The average molecular weight is 387 g/mol. The number of hydrogen-bond donors (Lipinski definition) is 1. The molecule has 1 aliphatic carbocycles. The van der Waals surface area contributed by atoms with Crippen LogP contribution >= 0.6 is 0 Å². The number of hydrogen-bond acceptors (Lipinski definition) is 4. The molecule has 1 aromatic rings. The molecule has 1 spiro atoms. The Morgan fingerprint density at radius 1 is 1.25 bits per heavy atom. The molecule has 2 amide bonds. The third kappa shape index (κ3) is 3.79. The van der Waals surface area contributed by atoms with E-state index in [1.54, 1.807) is 0 Å². The second-order valence-corrected chi connectivity index (χ2v) is 9.63. The molecule has 3 rings (SSSR count). The first-order valence-electron chi connectivity index (χ1n) is 10.3. The number of amides is 2. The van der Waals surface area contributed by atoms with Gasteiger partial charge in [0.15, 0.2) is 0 Å². The number of carbonyl (C=O) groups is 2. The van der Waals surface area contributed by atoms with Crippen molar-refractivity contribution in [3.63, 3.8) is 0 Å². The van der Waals surface area contributed by atoms with Gasteiger partial charge in [0.05, 0.1) is 11.2 Å². The van der Waals surface area contributed by atoms with E-state index in [1.165, 1.54) is 0 Å². The lowest BCUT2D eigenvalue weighted by molar-refractivity contribution is -0.130. The van der Waals surface area contributed by atoms with Crippen LogP contribution in [0, 0.1) is 10.8 Å². The maximum Gasteiger partial charge on any atom is 0.223 e. The topological polar surface area (TPSA) is 79.5 Å². The van der Waals surface area contributed by atoms with Gasteiger partial charge in [-0.15, -0.1) is 0 Å². The van der Waals surface area contributed by atoms with Crippen LogP contribution in [-0.2, 0) is 15.1 Å². The molecule has 1 aromatic heterocycles. The first-order valence-corrected chi connectivity index (χ1v) is 10.3. The summed E-state index contributed by atoms with van der Waals surface area (Å²) in [4.78, 5) is 33.2. The highest BCUT2D eigenvalue weighted by Gasteiger charge is 2.50. The lowest BCUT2D eigenvalue weighted by atomic mass is 9.65. The van der Waals surface area contributed by atoms with Crippen LogP contribution < -0.4 is 5.73 Å². The van der Waals surface area contributed by atoms with Crippen LogP contribution in [-0.4, -0.2) is 53.8 Å². The third-order valence-corrected chi connectivity index (χ3v) is 7.21. The van der Waals surface area contributed by atoms with Crippen LogP contribution in [0.2, 0.25) is 0 Å². The van der Waals surface area contributed by atoms with Gasteiger partial charge in [0.25, 0.3) is 0 Å². The fraction of sp³-hybridized carbons (Fsp3) is 0.682. The van der Waals surface area contributed by atoms with E-state index in [0.717, 1.165) is 37.9 Å². The highest BCUT2D eigenvalue weighted by molar-refractivity contribution is 5.81. The van der Waals surface area contributed by atoms with E-state index >= 15 is 0 Å². The molecule has 0 atom stereocenters. The number of nitrogens with zero attached hydrogens (tertiary/aromatic N) is 3. The second kappa shape index (κ2) is 7.47. The molecule has 154 valence electrons. The van der Waals surface area contributed by atoms with E-state index in [0.29, 0.717) is 19.4 Å². The highest BCUT2D eigenvalue weighted by Crippen LogP contribution is 2.51. The zero-order valence-corrected chi connectivity index (χ0v) is 17.7. The van der Waals surface area contributed by atoms with E-state index in [4.69, 9.17) is 5.73 Å². The van der Waals surface area contributed by atoms with Crippen molar-refractivity contribution < 1.29 is 9.59 Å². The van der Waals surface area contributed by atoms with Crippen LogP contribution in [0.15, 0.2) is 24.4 Å². The summed E-state index contributed by atoms with van der Waals surface area (Å²) in [7, 11) is 4.26. The molecule has 2 heterocycles. The van der Waals surface area contributed by atoms with Crippen LogP contribution in [0.3, 0.4) is 0 Å². The maximum atomic E-state index is 12.7. The van der Waals surface area contributed by atoms with Crippen LogP contribution in [0.25, 0.3) is 0 Å². The normalized spacial score (nSPS) is 28.3. The van der Waals surface area contributed by atoms with Gasteiger partial charge >= 0.3 is 0 Å². The summed E-state index contributed by atoms with van der Waals surface area (Å²) < 4.78 is 0. The number of pyridine rings is 1. The number of nitrogens with two attached hydrogens (primary N) is 1. The molecule has 2 N–H and O–H groups in total. The van der Waals surface area contributed by atoms with Crippen LogP contribution in [0.4, 0.5) is 0 Å². The smallest absolute Gasteiger partial charge is 0.223 e. The van der Waals surface area contributed by atoms with E-state index < -0.39 is 5.41 Å². The monoisotopic (exact) mass is 386 g/mol. The molecule has 6 nitrogen and oxygen atoms in total. The van der Waals surface area contributed by atoms with Crippen molar-refractivity contribution >= 4 is 11.8 Å². The third-order valence-electron chi connectivity index (χ3n) is 7.21. The van der Waals surface area contributed by atoms with Crippen molar-refractivity contribution in [2.75, 3.05) is 27.2 Å². The van der Waals surface area contributed by atoms with Gasteiger partial charge in [0.2, 0.25) is 11.8 Å². The molecule has 1 saturated heterocycles. The van der Waals surface area contributed by atoms with Gasteiger partial charge in [-0.05, 0) is 63.7 Å². The number of carbonyl (C=O) groups excluding carboxylic acids is 2. The van der Waals surface area contributed by atoms with Gasteiger partial charge in [-0.2, -0.15) is 0 Å². The second-order valence-electron chi connectivity index (χ2n) is 9.63. The number of aromatic nitrogens is 1. The fourth-order valence-corrected chi connectivity index (χ4v) is 4.82. The van der Waals surface area contributed by atoms with Crippen molar-refractivity contribution in [3.05, 3.63) is 30.1 Å². The van der Waals surface area contributed by atoms with E-state index in [9.17, 15) is 9.59 Å². The lowest BCUT2D eigenvalue weighted by Crippen LogP contribution is -2.48. The summed E-state index contributed by atoms with van der Waals surface area (Å²) in [6, 6.07) is 6.13. The minimum Gasteiger partial charge on any atom is -0.369 e. The molecule has 2 aliphatic rings.